The number of H-pyrrole nitrogens is 1. The Morgan fingerprint density at radius 3 is 2.72 bits per heavy atom. The third kappa shape index (κ3) is 3.19. The predicted molar refractivity (Wildman–Crippen MR) is 66.2 cm³/mol. The van der Waals surface area contributed by atoms with Crippen molar-refractivity contribution in [2.45, 2.75) is 31.7 Å². The first-order valence-corrected chi connectivity index (χ1v) is 5.27. The molecule has 7 nitrogen and oxygen atoms in total. The van der Waals surface area contributed by atoms with Crippen LogP contribution in [0.15, 0.2) is 12.5 Å². The monoisotopic (exact) mass is 277 g/mol. The summed E-state index contributed by atoms with van der Waals surface area (Å²) in [5.74, 6) is -0.820. The van der Waals surface area contributed by atoms with Gasteiger partial charge >= 0.3 is 11.5 Å². The number of carbonyl (C=O) groups excluding carboxylic acids is 1. The third-order valence-electron chi connectivity index (χ3n) is 2.62. The number of nitrogens with zero attached hydrogens (tertiary/aromatic N) is 2. The van der Waals surface area contributed by atoms with Crippen LogP contribution in [0, 0.1) is 10.1 Å². The molecule has 0 bridgehead atoms. The van der Waals surface area contributed by atoms with Gasteiger partial charge < -0.3 is 9.72 Å². The minimum atomic E-state index is -1.73. The lowest BCUT2D eigenvalue weighted by molar-refractivity contribution is -0.556. The molecule has 1 rings (SSSR count). The number of imidazole rings is 1. The Balaban J connectivity index is 0.00000289. The molecule has 0 aliphatic carbocycles. The van der Waals surface area contributed by atoms with Crippen molar-refractivity contribution in [3.8, 4) is 0 Å². The molecule has 0 aromatic carbocycles. The molecule has 8 heteroatoms. The molecule has 102 valence electrons. The molecule has 0 saturated heterocycles. The summed E-state index contributed by atoms with van der Waals surface area (Å²) < 4.78 is 4.56. The lowest BCUT2D eigenvalue weighted by Gasteiger charge is -2.21. The van der Waals surface area contributed by atoms with E-state index in [0.29, 0.717) is 12.1 Å². The summed E-state index contributed by atoms with van der Waals surface area (Å²) in [5.41, 5.74) is -1.18. The van der Waals surface area contributed by atoms with Gasteiger partial charge in [0.1, 0.15) is 0 Å². The molecule has 1 heterocycles. The number of hydrogen-bond acceptors (Lipinski definition) is 5. The average molecular weight is 278 g/mol. The number of methoxy groups -OCH3 is 1. The number of aromatic amines is 1. The highest BCUT2D eigenvalue weighted by Crippen LogP contribution is 2.23. The quantitative estimate of drug-likeness (QED) is 0.481. The van der Waals surface area contributed by atoms with Crippen LogP contribution in [0.25, 0.3) is 0 Å². The van der Waals surface area contributed by atoms with E-state index in [-0.39, 0.29) is 25.2 Å². The molecule has 0 spiro atoms. The van der Waals surface area contributed by atoms with Crippen molar-refractivity contribution in [1.29, 1.82) is 0 Å². The summed E-state index contributed by atoms with van der Waals surface area (Å²) in [6, 6.07) is 0. The number of halogens is 1. The Morgan fingerprint density at radius 2 is 2.33 bits per heavy atom. The van der Waals surface area contributed by atoms with Crippen LogP contribution in [0.2, 0.25) is 0 Å². The van der Waals surface area contributed by atoms with Gasteiger partial charge in [-0.3, -0.25) is 10.1 Å². The molecule has 0 radical (unpaired) electrons. The summed E-state index contributed by atoms with van der Waals surface area (Å²) in [7, 11) is 1.16. The van der Waals surface area contributed by atoms with Crippen molar-refractivity contribution >= 4 is 18.4 Å². The molecule has 0 amide bonds. The molecular weight excluding hydrogens is 262 g/mol. The first kappa shape index (κ1) is 16.4. The maximum absolute atomic E-state index is 11.7. The SMILES string of the molecule is CCCC(Cc1cnc[nH]1)(C(=O)OC)[N+](=O)[O-].Cl. The largest absolute Gasteiger partial charge is 0.464 e. The zero-order chi connectivity index (χ0) is 12.9. The van der Waals surface area contributed by atoms with Gasteiger partial charge in [0.25, 0.3) is 0 Å². The second-order valence-corrected chi connectivity index (χ2v) is 3.78. The Kier molecular flexibility index (Phi) is 6.32. The van der Waals surface area contributed by atoms with Gasteiger partial charge in [0.2, 0.25) is 0 Å². The molecule has 18 heavy (non-hydrogen) atoms. The lowest BCUT2D eigenvalue weighted by atomic mass is 9.89. The number of nitro groups is 1. The summed E-state index contributed by atoms with van der Waals surface area (Å²) >= 11 is 0. The molecule has 0 aliphatic rings. The third-order valence-corrected chi connectivity index (χ3v) is 2.62. The number of hydrogen-bond donors (Lipinski definition) is 1. The molecule has 1 atom stereocenters. The van der Waals surface area contributed by atoms with E-state index in [1.54, 1.807) is 6.92 Å². The van der Waals surface area contributed by atoms with Gasteiger partial charge in [-0.2, -0.15) is 0 Å². The van der Waals surface area contributed by atoms with Crippen molar-refractivity contribution in [3.05, 3.63) is 28.3 Å². The van der Waals surface area contributed by atoms with Crippen molar-refractivity contribution in [2.75, 3.05) is 7.11 Å². The number of aromatic nitrogens is 2. The topological polar surface area (TPSA) is 98.1 Å². The summed E-state index contributed by atoms with van der Waals surface area (Å²) in [6.07, 6.45) is 3.50. The van der Waals surface area contributed by atoms with Crippen LogP contribution in [0.3, 0.4) is 0 Å². The van der Waals surface area contributed by atoms with E-state index in [9.17, 15) is 14.9 Å². The maximum atomic E-state index is 11.7. The van der Waals surface area contributed by atoms with Crippen LogP contribution in [0.1, 0.15) is 25.5 Å². The number of nitrogens with one attached hydrogen (secondary N) is 1. The Bertz CT molecular complexity index is 396. The normalized spacial score (nSPS) is 13.2. The minimum absolute atomic E-state index is 0. The molecule has 1 unspecified atom stereocenters. The van der Waals surface area contributed by atoms with Gasteiger partial charge in [-0.1, -0.05) is 6.92 Å². The van der Waals surface area contributed by atoms with Crippen molar-refractivity contribution in [2.24, 2.45) is 0 Å². The highest BCUT2D eigenvalue weighted by molar-refractivity contribution is 5.85. The Morgan fingerprint density at radius 1 is 1.67 bits per heavy atom. The fraction of sp³-hybridized carbons (Fsp3) is 0.600. The molecule has 0 fully saturated rings. The number of carbonyl (C=O) groups is 1. The zero-order valence-corrected chi connectivity index (χ0v) is 11.0. The minimum Gasteiger partial charge on any atom is -0.464 e. The fourth-order valence-corrected chi connectivity index (χ4v) is 1.79. The first-order chi connectivity index (χ1) is 8.06. The van der Waals surface area contributed by atoms with Crippen LogP contribution in [0.5, 0.6) is 0 Å². The number of esters is 1. The maximum Gasteiger partial charge on any atom is 0.384 e. The van der Waals surface area contributed by atoms with Gasteiger partial charge in [-0.25, -0.2) is 9.78 Å². The highest BCUT2D eigenvalue weighted by Gasteiger charge is 2.51. The first-order valence-electron chi connectivity index (χ1n) is 5.27. The predicted octanol–water partition coefficient (Wildman–Crippen LogP) is 1.36. The molecule has 1 N–H and O–H groups in total. The van der Waals surface area contributed by atoms with E-state index >= 15 is 0 Å². The van der Waals surface area contributed by atoms with Gasteiger partial charge in [-0.05, 0) is 6.42 Å². The second kappa shape index (κ2) is 6.95. The van der Waals surface area contributed by atoms with Gasteiger partial charge in [0, 0.05) is 23.2 Å². The molecule has 1 aromatic rings. The average Bonchev–Trinajstić information content (AvgIpc) is 2.79. The number of rotatable bonds is 6. The van der Waals surface area contributed by atoms with Crippen LogP contribution < -0.4 is 0 Å². The Labute approximate surface area is 110 Å². The van der Waals surface area contributed by atoms with Gasteiger partial charge in [0.05, 0.1) is 19.9 Å². The zero-order valence-electron chi connectivity index (χ0n) is 10.2. The molecular formula is C10H16ClN3O4. The van der Waals surface area contributed by atoms with E-state index in [1.807, 2.05) is 0 Å². The summed E-state index contributed by atoms with van der Waals surface area (Å²) in [5, 5.41) is 11.2. The van der Waals surface area contributed by atoms with E-state index in [2.05, 4.69) is 14.7 Å². The van der Waals surface area contributed by atoms with E-state index in [0.717, 1.165) is 7.11 Å². The van der Waals surface area contributed by atoms with Crippen molar-refractivity contribution in [1.82, 2.24) is 9.97 Å². The van der Waals surface area contributed by atoms with Gasteiger partial charge in [-0.15, -0.1) is 12.4 Å². The summed E-state index contributed by atoms with van der Waals surface area (Å²) in [6.45, 7) is 1.79. The fourth-order valence-electron chi connectivity index (χ4n) is 1.79. The van der Waals surface area contributed by atoms with E-state index < -0.39 is 16.4 Å². The van der Waals surface area contributed by atoms with Crippen LogP contribution >= 0.6 is 12.4 Å². The second-order valence-electron chi connectivity index (χ2n) is 3.78. The molecule has 0 saturated carbocycles. The molecule has 0 aliphatic heterocycles. The van der Waals surface area contributed by atoms with Crippen molar-refractivity contribution < 1.29 is 14.5 Å². The van der Waals surface area contributed by atoms with Gasteiger partial charge in [0.15, 0.2) is 0 Å². The van der Waals surface area contributed by atoms with Crippen LogP contribution in [-0.2, 0) is 16.0 Å². The van der Waals surface area contributed by atoms with Crippen LogP contribution in [0.4, 0.5) is 0 Å². The van der Waals surface area contributed by atoms with Crippen LogP contribution in [-0.4, -0.2) is 33.5 Å². The van der Waals surface area contributed by atoms with E-state index in [4.69, 9.17) is 0 Å². The smallest absolute Gasteiger partial charge is 0.384 e. The highest BCUT2D eigenvalue weighted by atomic mass is 35.5. The molecule has 1 aromatic heterocycles. The van der Waals surface area contributed by atoms with E-state index in [1.165, 1.54) is 12.5 Å². The summed E-state index contributed by atoms with van der Waals surface area (Å²) in [4.78, 5) is 28.9. The van der Waals surface area contributed by atoms with Crippen molar-refractivity contribution in [3.63, 3.8) is 0 Å². The lowest BCUT2D eigenvalue weighted by Crippen LogP contribution is -2.49. The Hall–Kier alpha value is -1.63. The number of ether oxygens (including phenoxy) is 1. The standard InChI is InChI=1S/C10H15N3O4.ClH/c1-3-4-10(13(15)16,9(14)17-2)5-8-6-11-7-12-8;/h6-7H,3-5H2,1-2H3,(H,11,12);1H.